The van der Waals surface area contributed by atoms with Crippen LogP contribution in [-0.2, 0) is 6.42 Å². The largest absolute Gasteiger partial charge is 0.316 e. The van der Waals surface area contributed by atoms with Crippen LogP contribution >= 0.6 is 11.3 Å². The zero-order valence-electron chi connectivity index (χ0n) is 12.2. The van der Waals surface area contributed by atoms with Crippen LogP contribution in [0.25, 0.3) is 4.96 Å². The predicted molar refractivity (Wildman–Crippen MR) is 85.6 cm³/mol. The van der Waals surface area contributed by atoms with Crippen molar-refractivity contribution in [2.45, 2.75) is 20.3 Å². The minimum Gasteiger partial charge on any atom is -0.316 e. The molecule has 0 unspecified atom stereocenters. The Morgan fingerprint density at radius 2 is 2.14 bits per heavy atom. The summed E-state index contributed by atoms with van der Waals surface area (Å²) in [7, 11) is 0. The third-order valence-electron chi connectivity index (χ3n) is 3.27. The molecular formula is C15H14N4O2S. The standard InChI is InChI=1S/C15H14N4O2S/c1-3-12-18-19-14(21)11(8-16-15(19)22-12)17-13(20)10-7-5-4-6-9(10)2/h4-8H,3H2,1-2H3,(H,17,20). The van der Waals surface area contributed by atoms with E-state index in [1.807, 2.05) is 26.0 Å². The Labute approximate surface area is 130 Å². The summed E-state index contributed by atoms with van der Waals surface area (Å²) in [6, 6.07) is 7.20. The topological polar surface area (TPSA) is 76.4 Å². The number of fused-ring (bicyclic) bond motifs is 1. The molecule has 22 heavy (non-hydrogen) atoms. The molecule has 1 amide bonds. The van der Waals surface area contributed by atoms with Crippen LogP contribution in [-0.4, -0.2) is 20.5 Å². The van der Waals surface area contributed by atoms with Crippen LogP contribution in [0.2, 0.25) is 0 Å². The molecule has 0 radical (unpaired) electrons. The number of aryl methyl sites for hydroxylation is 2. The molecule has 112 valence electrons. The van der Waals surface area contributed by atoms with Gasteiger partial charge in [-0.05, 0) is 25.0 Å². The molecule has 6 nitrogen and oxygen atoms in total. The molecule has 0 bridgehead atoms. The zero-order chi connectivity index (χ0) is 15.7. The van der Waals surface area contributed by atoms with Gasteiger partial charge < -0.3 is 5.32 Å². The van der Waals surface area contributed by atoms with E-state index in [2.05, 4.69) is 15.4 Å². The molecule has 1 aromatic carbocycles. The Morgan fingerprint density at radius 1 is 1.36 bits per heavy atom. The number of nitrogens with zero attached hydrogens (tertiary/aromatic N) is 3. The van der Waals surface area contributed by atoms with Gasteiger partial charge >= 0.3 is 0 Å². The van der Waals surface area contributed by atoms with Crippen LogP contribution in [0.3, 0.4) is 0 Å². The first-order chi connectivity index (χ1) is 10.6. The maximum atomic E-state index is 12.4. The lowest BCUT2D eigenvalue weighted by molar-refractivity contribution is 0.102. The molecule has 0 atom stereocenters. The van der Waals surface area contributed by atoms with Crippen molar-refractivity contribution in [3.05, 3.63) is 57.0 Å². The first kappa shape index (κ1) is 14.4. The Kier molecular flexibility index (Phi) is 3.72. The minimum absolute atomic E-state index is 0.124. The number of aromatic nitrogens is 3. The molecule has 0 aliphatic heterocycles. The number of carbonyl (C=O) groups is 1. The number of benzene rings is 1. The lowest BCUT2D eigenvalue weighted by Gasteiger charge is -2.06. The highest BCUT2D eigenvalue weighted by Crippen LogP contribution is 2.13. The third kappa shape index (κ3) is 2.50. The predicted octanol–water partition coefficient (Wildman–Crippen LogP) is 2.27. The number of hydrogen-bond acceptors (Lipinski definition) is 5. The minimum atomic E-state index is -0.372. The van der Waals surface area contributed by atoms with E-state index < -0.39 is 0 Å². The summed E-state index contributed by atoms with van der Waals surface area (Å²) in [5.41, 5.74) is 1.12. The maximum Gasteiger partial charge on any atom is 0.298 e. The van der Waals surface area contributed by atoms with Gasteiger partial charge in [0.2, 0.25) is 4.96 Å². The highest BCUT2D eigenvalue weighted by atomic mass is 32.1. The normalized spacial score (nSPS) is 10.8. The second-order valence-corrected chi connectivity index (χ2v) is 5.83. The van der Waals surface area contributed by atoms with Crippen LogP contribution in [0.4, 0.5) is 5.69 Å². The fourth-order valence-electron chi connectivity index (χ4n) is 2.07. The molecule has 7 heteroatoms. The van der Waals surface area contributed by atoms with Crippen LogP contribution in [0, 0.1) is 6.92 Å². The molecule has 1 N–H and O–H groups in total. The summed E-state index contributed by atoms with van der Waals surface area (Å²) >= 11 is 1.37. The van der Waals surface area contributed by atoms with Gasteiger partial charge in [-0.3, -0.25) is 9.59 Å². The van der Waals surface area contributed by atoms with Gasteiger partial charge in [0.15, 0.2) is 0 Å². The molecule has 0 aliphatic carbocycles. The molecule has 2 aromatic heterocycles. The molecular weight excluding hydrogens is 300 g/mol. The van der Waals surface area contributed by atoms with Gasteiger partial charge in [0.25, 0.3) is 11.5 Å². The SMILES string of the molecule is CCc1nn2c(=O)c(NC(=O)c3ccccc3C)cnc2s1. The number of amides is 1. The van der Waals surface area contributed by atoms with Crippen molar-refractivity contribution >= 4 is 27.9 Å². The van der Waals surface area contributed by atoms with Gasteiger partial charge in [0.1, 0.15) is 10.7 Å². The molecule has 3 rings (SSSR count). The van der Waals surface area contributed by atoms with Gasteiger partial charge in [-0.2, -0.15) is 9.61 Å². The molecule has 0 saturated heterocycles. The number of hydrogen-bond donors (Lipinski definition) is 1. The molecule has 0 spiro atoms. The van der Waals surface area contributed by atoms with Crippen LogP contribution in [0.5, 0.6) is 0 Å². The Bertz CT molecular complexity index is 913. The first-order valence-corrected chi connectivity index (χ1v) is 7.66. The van der Waals surface area contributed by atoms with E-state index in [0.29, 0.717) is 10.5 Å². The van der Waals surface area contributed by atoms with Gasteiger partial charge in [-0.15, -0.1) is 0 Å². The van der Waals surface area contributed by atoms with Crippen molar-refractivity contribution in [2.24, 2.45) is 0 Å². The van der Waals surface area contributed by atoms with Crippen molar-refractivity contribution in [1.29, 1.82) is 0 Å². The van der Waals surface area contributed by atoms with Crippen molar-refractivity contribution in [1.82, 2.24) is 14.6 Å². The zero-order valence-corrected chi connectivity index (χ0v) is 13.0. The second kappa shape index (κ2) is 5.69. The summed E-state index contributed by atoms with van der Waals surface area (Å²) in [6.07, 6.45) is 2.11. The van der Waals surface area contributed by atoms with Gasteiger partial charge in [0.05, 0.1) is 6.20 Å². The monoisotopic (exact) mass is 314 g/mol. The third-order valence-corrected chi connectivity index (χ3v) is 4.34. The van der Waals surface area contributed by atoms with Gasteiger partial charge in [-0.1, -0.05) is 36.5 Å². The molecule has 2 heterocycles. The fourth-order valence-corrected chi connectivity index (χ4v) is 2.86. The molecule has 0 aliphatic rings. The van der Waals surface area contributed by atoms with E-state index in [1.54, 1.807) is 12.1 Å². The van der Waals surface area contributed by atoms with E-state index in [1.165, 1.54) is 22.0 Å². The fraction of sp³-hybridized carbons (Fsp3) is 0.200. The van der Waals surface area contributed by atoms with E-state index in [9.17, 15) is 9.59 Å². The van der Waals surface area contributed by atoms with Crippen molar-refractivity contribution in [2.75, 3.05) is 5.32 Å². The smallest absolute Gasteiger partial charge is 0.298 e. The van der Waals surface area contributed by atoms with E-state index in [0.717, 1.165) is 17.0 Å². The lowest BCUT2D eigenvalue weighted by Crippen LogP contribution is -2.23. The molecule has 3 aromatic rings. The average Bonchev–Trinajstić information content (AvgIpc) is 2.94. The highest BCUT2D eigenvalue weighted by molar-refractivity contribution is 7.16. The second-order valence-electron chi connectivity index (χ2n) is 4.79. The quantitative estimate of drug-likeness (QED) is 0.804. The Hall–Kier alpha value is -2.54. The van der Waals surface area contributed by atoms with Crippen molar-refractivity contribution in [3.63, 3.8) is 0 Å². The summed E-state index contributed by atoms with van der Waals surface area (Å²) in [5, 5.41) is 7.64. The molecule has 0 fully saturated rings. The Balaban J connectivity index is 1.97. The maximum absolute atomic E-state index is 12.4. The van der Waals surface area contributed by atoms with Crippen LogP contribution < -0.4 is 10.9 Å². The van der Waals surface area contributed by atoms with Crippen LogP contribution in [0.15, 0.2) is 35.3 Å². The van der Waals surface area contributed by atoms with Crippen molar-refractivity contribution < 1.29 is 4.79 Å². The van der Waals surface area contributed by atoms with Gasteiger partial charge in [-0.25, -0.2) is 4.98 Å². The molecule has 0 saturated carbocycles. The van der Waals surface area contributed by atoms with Crippen molar-refractivity contribution in [3.8, 4) is 0 Å². The summed E-state index contributed by atoms with van der Waals surface area (Å²) in [6.45, 7) is 3.81. The van der Waals surface area contributed by atoms with E-state index >= 15 is 0 Å². The summed E-state index contributed by atoms with van der Waals surface area (Å²) in [4.78, 5) is 29.3. The number of rotatable bonds is 3. The lowest BCUT2D eigenvalue weighted by atomic mass is 10.1. The number of carbonyl (C=O) groups excluding carboxylic acids is 1. The number of anilines is 1. The van der Waals surface area contributed by atoms with Gasteiger partial charge in [0, 0.05) is 5.56 Å². The summed E-state index contributed by atoms with van der Waals surface area (Å²) in [5.74, 6) is -0.331. The van der Waals surface area contributed by atoms with E-state index in [-0.39, 0.29) is 17.2 Å². The average molecular weight is 314 g/mol. The highest BCUT2D eigenvalue weighted by Gasteiger charge is 2.14. The first-order valence-electron chi connectivity index (χ1n) is 6.85. The number of nitrogens with one attached hydrogen (secondary N) is 1. The van der Waals surface area contributed by atoms with E-state index in [4.69, 9.17) is 0 Å². The van der Waals surface area contributed by atoms with Crippen LogP contribution in [0.1, 0.15) is 27.9 Å². The Morgan fingerprint density at radius 3 is 2.86 bits per heavy atom. The summed E-state index contributed by atoms with van der Waals surface area (Å²) < 4.78 is 1.23.